The third-order valence-electron chi connectivity index (χ3n) is 4.33. The van der Waals surface area contributed by atoms with Gasteiger partial charge in [-0.15, -0.1) is 0 Å². The number of aryl methyl sites for hydroxylation is 1. The number of aromatic nitrogens is 2. The molecule has 122 valence electrons. The topological polar surface area (TPSA) is 89.3 Å². The lowest BCUT2D eigenvalue weighted by Gasteiger charge is -2.20. The van der Waals surface area contributed by atoms with Crippen LogP contribution in [0.3, 0.4) is 0 Å². The van der Waals surface area contributed by atoms with Crippen molar-refractivity contribution in [2.75, 3.05) is 5.75 Å². The Kier molecular flexibility index (Phi) is 3.75. The van der Waals surface area contributed by atoms with Crippen molar-refractivity contribution in [1.29, 1.82) is 0 Å². The van der Waals surface area contributed by atoms with Gasteiger partial charge in [-0.1, -0.05) is 0 Å². The van der Waals surface area contributed by atoms with Crippen LogP contribution in [0.15, 0.2) is 23.2 Å². The third kappa shape index (κ3) is 2.45. The van der Waals surface area contributed by atoms with E-state index in [9.17, 15) is 18.3 Å². The van der Waals surface area contributed by atoms with E-state index in [2.05, 4.69) is 5.10 Å². The molecule has 1 aromatic carbocycles. The number of aromatic hydroxyl groups is 1. The monoisotopic (exact) mass is 334 g/mol. The van der Waals surface area contributed by atoms with Gasteiger partial charge < -0.3 is 5.11 Å². The van der Waals surface area contributed by atoms with E-state index in [0.29, 0.717) is 41.0 Å². The Morgan fingerprint density at radius 3 is 2.74 bits per heavy atom. The van der Waals surface area contributed by atoms with Crippen LogP contribution in [0, 0.1) is 6.92 Å². The SMILES string of the molecule is CCn1ncc(C(=O)c2ccc3c(c2C)CCCS3(=O)=O)c1O. The minimum atomic E-state index is -3.26. The van der Waals surface area contributed by atoms with Gasteiger partial charge in [0.15, 0.2) is 15.6 Å². The van der Waals surface area contributed by atoms with Gasteiger partial charge in [-0.3, -0.25) is 4.79 Å². The van der Waals surface area contributed by atoms with Crippen LogP contribution in [-0.2, 0) is 22.8 Å². The number of benzene rings is 1. The van der Waals surface area contributed by atoms with E-state index in [4.69, 9.17) is 0 Å². The van der Waals surface area contributed by atoms with Crippen LogP contribution < -0.4 is 0 Å². The van der Waals surface area contributed by atoms with Crippen LogP contribution in [0.2, 0.25) is 0 Å². The van der Waals surface area contributed by atoms with Gasteiger partial charge in [-0.25, -0.2) is 13.1 Å². The number of sulfone groups is 1. The zero-order chi connectivity index (χ0) is 16.8. The normalized spacial score (nSPS) is 16.1. The molecule has 0 bridgehead atoms. The molecule has 0 saturated carbocycles. The summed E-state index contributed by atoms with van der Waals surface area (Å²) in [6, 6.07) is 3.04. The van der Waals surface area contributed by atoms with Gasteiger partial charge in [-0.05, 0) is 49.9 Å². The first-order valence-corrected chi connectivity index (χ1v) is 9.16. The maximum atomic E-state index is 12.7. The van der Waals surface area contributed by atoms with Gasteiger partial charge in [0.2, 0.25) is 5.88 Å². The number of carbonyl (C=O) groups excluding carboxylic acids is 1. The van der Waals surface area contributed by atoms with Crippen molar-refractivity contribution >= 4 is 15.6 Å². The van der Waals surface area contributed by atoms with Crippen molar-refractivity contribution in [2.45, 2.75) is 38.1 Å². The highest BCUT2D eigenvalue weighted by Gasteiger charge is 2.28. The first kappa shape index (κ1) is 15.7. The van der Waals surface area contributed by atoms with Crippen LogP contribution in [0.4, 0.5) is 0 Å². The second-order valence-corrected chi connectivity index (χ2v) is 7.74. The lowest BCUT2D eigenvalue weighted by Crippen LogP contribution is -2.18. The van der Waals surface area contributed by atoms with Crippen molar-refractivity contribution in [3.8, 4) is 5.88 Å². The lowest BCUT2D eigenvalue weighted by molar-refractivity contribution is 0.103. The molecule has 1 aliphatic heterocycles. The van der Waals surface area contributed by atoms with E-state index in [0.717, 1.165) is 0 Å². The highest BCUT2D eigenvalue weighted by atomic mass is 32.2. The summed E-state index contributed by atoms with van der Waals surface area (Å²) >= 11 is 0. The first-order chi connectivity index (χ1) is 10.9. The average molecular weight is 334 g/mol. The van der Waals surface area contributed by atoms with Crippen LogP contribution in [0.1, 0.15) is 40.4 Å². The molecule has 1 N–H and O–H groups in total. The van der Waals surface area contributed by atoms with E-state index in [1.807, 2.05) is 6.92 Å². The molecular formula is C16H18N2O4S. The quantitative estimate of drug-likeness (QED) is 0.866. The molecule has 0 unspecified atom stereocenters. The highest BCUT2D eigenvalue weighted by molar-refractivity contribution is 7.91. The summed E-state index contributed by atoms with van der Waals surface area (Å²) < 4.78 is 25.6. The van der Waals surface area contributed by atoms with E-state index in [1.165, 1.54) is 23.0 Å². The number of rotatable bonds is 3. The maximum absolute atomic E-state index is 12.7. The van der Waals surface area contributed by atoms with Crippen LogP contribution in [0.5, 0.6) is 5.88 Å². The molecule has 3 rings (SSSR count). The van der Waals surface area contributed by atoms with Crippen molar-refractivity contribution in [1.82, 2.24) is 9.78 Å². The highest BCUT2D eigenvalue weighted by Crippen LogP contribution is 2.31. The van der Waals surface area contributed by atoms with E-state index < -0.39 is 9.84 Å². The molecule has 2 heterocycles. The van der Waals surface area contributed by atoms with Gasteiger partial charge in [0.1, 0.15) is 5.56 Å². The third-order valence-corrected chi connectivity index (χ3v) is 6.21. The van der Waals surface area contributed by atoms with Crippen molar-refractivity contribution < 1.29 is 18.3 Å². The molecule has 7 heteroatoms. The molecule has 0 radical (unpaired) electrons. The predicted molar refractivity (Wildman–Crippen MR) is 84.6 cm³/mol. The minimum absolute atomic E-state index is 0.133. The lowest BCUT2D eigenvalue weighted by atomic mass is 9.94. The summed E-state index contributed by atoms with van der Waals surface area (Å²) in [7, 11) is -3.26. The Labute approximate surface area is 134 Å². The molecule has 0 spiro atoms. The van der Waals surface area contributed by atoms with Crippen molar-refractivity contribution in [3.63, 3.8) is 0 Å². The molecule has 0 amide bonds. The molecule has 0 aliphatic carbocycles. The maximum Gasteiger partial charge on any atom is 0.220 e. The summed E-state index contributed by atoms with van der Waals surface area (Å²) in [5.74, 6) is -0.357. The van der Waals surface area contributed by atoms with Crippen LogP contribution in [0.25, 0.3) is 0 Å². The summed E-state index contributed by atoms with van der Waals surface area (Å²) in [4.78, 5) is 13.0. The van der Waals surface area contributed by atoms with Crippen molar-refractivity contribution in [3.05, 3.63) is 40.6 Å². The van der Waals surface area contributed by atoms with Gasteiger partial charge in [0.25, 0.3) is 0 Å². The number of fused-ring (bicyclic) bond motifs is 1. The fourth-order valence-electron chi connectivity index (χ4n) is 3.04. The smallest absolute Gasteiger partial charge is 0.220 e. The Bertz CT molecular complexity index is 897. The largest absolute Gasteiger partial charge is 0.493 e. The molecule has 1 aromatic heterocycles. The minimum Gasteiger partial charge on any atom is -0.493 e. The Balaban J connectivity index is 2.11. The van der Waals surface area contributed by atoms with Gasteiger partial charge >= 0.3 is 0 Å². The van der Waals surface area contributed by atoms with E-state index in [-0.39, 0.29) is 23.0 Å². The number of hydrogen-bond donors (Lipinski definition) is 1. The summed E-state index contributed by atoms with van der Waals surface area (Å²) in [5, 5.41) is 14.0. The second-order valence-electron chi connectivity index (χ2n) is 5.66. The standard InChI is InChI=1S/C16H18N2O4S/c1-3-18-16(20)13(9-17-18)15(19)12-6-7-14-11(10(12)2)5-4-8-23(14,21)22/h6-7,9,20H,3-5,8H2,1-2H3. The summed E-state index contributed by atoms with van der Waals surface area (Å²) in [6.07, 6.45) is 2.55. The molecule has 23 heavy (non-hydrogen) atoms. The summed E-state index contributed by atoms with van der Waals surface area (Å²) in [5.41, 5.74) is 1.92. The molecule has 0 fully saturated rings. The Hall–Kier alpha value is -2.15. The zero-order valence-corrected chi connectivity index (χ0v) is 13.9. The number of ketones is 1. The van der Waals surface area contributed by atoms with E-state index >= 15 is 0 Å². The fourth-order valence-corrected chi connectivity index (χ4v) is 4.69. The Morgan fingerprint density at radius 2 is 2.09 bits per heavy atom. The van der Waals surface area contributed by atoms with Gasteiger partial charge in [0.05, 0.1) is 16.8 Å². The molecule has 2 aromatic rings. The van der Waals surface area contributed by atoms with E-state index in [1.54, 1.807) is 6.92 Å². The van der Waals surface area contributed by atoms with Crippen LogP contribution >= 0.6 is 0 Å². The molecule has 6 nitrogen and oxygen atoms in total. The predicted octanol–water partition coefficient (Wildman–Crippen LogP) is 1.87. The van der Waals surface area contributed by atoms with Crippen LogP contribution in [-0.4, -0.2) is 34.8 Å². The molecule has 1 aliphatic rings. The first-order valence-electron chi connectivity index (χ1n) is 7.51. The van der Waals surface area contributed by atoms with Crippen molar-refractivity contribution in [2.24, 2.45) is 0 Å². The number of hydrogen-bond acceptors (Lipinski definition) is 5. The Morgan fingerprint density at radius 1 is 1.35 bits per heavy atom. The zero-order valence-electron chi connectivity index (χ0n) is 13.0. The molecule has 0 saturated heterocycles. The van der Waals surface area contributed by atoms with Gasteiger partial charge in [0, 0.05) is 12.1 Å². The number of carbonyl (C=O) groups is 1. The fraction of sp³-hybridized carbons (Fsp3) is 0.375. The van der Waals surface area contributed by atoms with Gasteiger partial charge in [-0.2, -0.15) is 5.10 Å². The average Bonchev–Trinajstić information content (AvgIpc) is 2.88. The number of nitrogens with zero attached hydrogens (tertiary/aromatic N) is 2. The summed E-state index contributed by atoms with van der Waals surface area (Å²) in [6.45, 7) is 4.03. The second kappa shape index (κ2) is 5.49. The molecular weight excluding hydrogens is 316 g/mol. The molecule has 0 atom stereocenters.